The van der Waals surface area contributed by atoms with Crippen molar-refractivity contribution in [2.75, 3.05) is 0 Å². The fourth-order valence-electron chi connectivity index (χ4n) is 8.64. The maximum Gasteiger partial charge on any atom is 0.0615 e. The summed E-state index contributed by atoms with van der Waals surface area (Å²) >= 11 is 0. The predicted molar refractivity (Wildman–Crippen MR) is 125 cm³/mol. The van der Waals surface area contributed by atoms with Crippen LogP contribution in [0.15, 0.2) is 22.8 Å². The molecule has 0 aliphatic heterocycles. The van der Waals surface area contributed by atoms with Gasteiger partial charge in [-0.1, -0.05) is 50.5 Å². The van der Waals surface area contributed by atoms with Gasteiger partial charge in [-0.2, -0.15) is 0 Å². The summed E-state index contributed by atoms with van der Waals surface area (Å²) < 4.78 is 0. The highest BCUT2D eigenvalue weighted by Crippen LogP contribution is 2.71. The predicted octanol–water partition coefficient (Wildman–Crippen LogP) is 6.81. The minimum atomic E-state index is -0.281. The lowest BCUT2D eigenvalue weighted by atomic mass is 9.46. The van der Waals surface area contributed by atoms with E-state index >= 15 is 0 Å². The van der Waals surface area contributed by atoms with E-state index in [1.54, 1.807) is 11.1 Å². The second-order valence-electron chi connectivity index (χ2n) is 12.4. The van der Waals surface area contributed by atoms with Crippen molar-refractivity contribution in [2.45, 2.75) is 118 Å². The van der Waals surface area contributed by atoms with Crippen LogP contribution in [0.2, 0.25) is 0 Å². The van der Waals surface area contributed by atoms with Crippen molar-refractivity contribution in [3.05, 3.63) is 22.8 Å². The molecule has 2 nitrogen and oxygen atoms in total. The third kappa shape index (κ3) is 3.27. The Hall–Kier alpha value is -0.600. The summed E-state index contributed by atoms with van der Waals surface area (Å²) in [5.41, 5.74) is 5.46. The van der Waals surface area contributed by atoms with Crippen LogP contribution >= 0.6 is 0 Å². The zero-order valence-corrected chi connectivity index (χ0v) is 20.4. The van der Waals surface area contributed by atoms with Gasteiger partial charge in [-0.15, -0.1) is 0 Å². The van der Waals surface area contributed by atoms with Gasteiger partial charge < -0.3 is 10.2 Å². The van der Waals surface area contributed by atoms with Crippen molar-refractivity contribution in [3.8, 4) is 0 Å². The summed E-state index contributed by atoms with van der Waals surface area (Å²) in [4.78, 5) is 0. The van der Waals surface area contributed by atoms with E-state index in [1.165, 1.54) is 44.1 Å². The van der Waals surface area contributed by atoms with Crippen LogP contribution in [0.5, 0.6) is 0 Å². The Kier molecular flexibility index (Phi) is 5.85. The number of fused-ring (bicyclic) bond motifs is 4. The molecule has 2 N–H and O–H groups in total. The van der Waals surface area contributed by atoms with Crippen LogP contribution in [0.3, 0.4) is 0 Å². The van der Waals surface area contributed by atoms with E-state index in [0.29, 0.717) is 5.41 Å². The molecule has 0 aromatic carbocycles. The van der Waals surface area contributed by atoms with Gasteiger partial charge in [-0.05, 0) is 112 Å². The molecule has 30 heavy (non-hydrogen) atoms. The van der Waals surface area contributed by atoms with E-state index in [1.807, 2.05) is 0 Å². The smallest absolute Gasteiger partial charge is 0.0615 e. The molecule has 0 heterocycles. The minimum Gasteiger partial charge on any atom is -0.393 e. The number of allylic oxidation sites excluding steroid dienone is 3. The Balaban J connectivity index is 1.64. The van der Waals surface area contributed by atoms with E-state index in [-0.39, 0.29) is 29.0 Å². The molecule has 2 fully saturated rings. The van der Waals surface area contributed by atoms with Crippen LogP contribution < -0.4 is 0 Å². The fourth-order valence-corrected chi connectivity index (χ4v) is 8.64. The van der Waals surface area contributed by atoms with Crippen molar-refractivity contribution >= 4 is 0 Å². The van der Waals surface area contributed by atoms with E-state index < -0.39 is 0 Å². The number of rotatable bonds is 4. The van der Waals surface area contributed by atoms with Gasteiger partial charge in [0.25, 0.3) is 0 Å². The SMILES string of the molecule is CC(C)=CCC[C@H](C)[C@H]1CC[C@@]2(C)C3=C(CC[C@]12C)[C@@]1(C)CC[C@H](O)C[C@@H]1[C@@H](O)C3. The third-order valence-electron chi connectivity index (χ3n) is 10.7. The maximum absolute atomic E-state index is 11.2. The molecule has 4 rings (SSSR count). The van der Waals surface area contributed by atoms with Crippen LogP contribution in [0.25, 0.3) is 0 Å². The van der Waals surface area contributed by atoms with Gasteiger partial charge in [0, 0.05) is 0 Å². The second-order valence-corrected chi connectivity index (χ2v) is 12.4. The van der Waals surface area contributed by atoms with E-state index in [2.05, 4.69) is 47.6 Å². The number of aliphatic hydroxyl groups excluding tert-OH is 2. The lowest BCUT2D eigenvalue weighted by Gasteiger charge is -2.59. The number of hydrogen-bond donors (Lipinski definition) is 2. The van der Waals surface area contributed by atoms with Crippen LogP contribution in [0.4, 0.5) is 0 Å². The highest BCUT2D eigenvalue weighted by atomic mass is 16.3. The number of aliphatic hydroxyl groups is 2. The number of hydrogen-bond acceptors (Lipinski definition) is 2. The molecule has 0 spiro atoms. The van der Waals surface area contributed by atoms with Gasteiger partial charge in [-0.25, -0.2) is 0 Å². The Labute approximate surface area is 185 Å². The molecule has 4 aliphatic carbocycles. The van der Waals surface area contributed by atoms with Crippen molar-refractivity contribution in [1.82, 2.24) is 0 Å². The first-order valence-corrected chi connectivity index (χ1v) is 12.8. The van der Waals surface area contributed by atoms with Crippen LogP contribution in [0.1, 0.15) is 106 Å². The molecule has 0 bridgehead atoms. The molecule has 0 radical (unpaired) electrons. The Morgan fingerprint density at radius 2 is 1.80 bits per heavy atom. The first kappa shape index (κ1) is 22.6. The normalized spacial score (nSPS) is 46.7. The van der Waals surface area contributed by atoms with Gasteiger partial charge >= 0.3 is 0 Å². The Morgan fingerprint density at radius 3 is 2.50 bits per heavy atom. The first-order valence-electron chi connectivity index (χ1n) is 12.8. The molecular formula is C28H46O2. The summed E-state index contributed by atoms with van der Waals surface area (Å²) in [6.45, 7) is 14.5. The average molecular weight is 415 g/mol. The highest BCUT2D eigenvalue weighted by molar-refractivity contribution is 5.39. The Morgan fingerprint density at radius 1 is 1.07 bits per heavy atom. The quantitative estimate of drug-likeness (QED) is 0.496. The van der Waals surface area contributed by atoms with E-state index in [4.69, 9.17) is 0 Å². The molecule has 0 amide bonds. The summed E-state index contributed by atoms with van der Waals surface area (Å²) in [5, 5.41) is 21.5. The zero-order valence-electron chi connectivity index (χ0n) is 20.4. The molecule has 170 valence electrons. The summed E-state index contributed by atoms with van der Waals surface area (Å²) in [6, 6.07) is 0. The van der Waals surface area contributed by atoms with Gasteiger partial charge in [0.1, 0.15) is 0 Å². The minimum absolute atomic E-state index is 0.101. The maximum atomic E-state index is 11.2. The molecule has 8 atom stereocenters. The van der Waals surface area contributed by atoms with E-state index in [0.717, 1.165) is 37.5 Å². The largest absolute Gasteiger partial charge is 0.393 e. The van der Waals surface area contributed by atoms with Gasteiger partial charge in [0.2, 0.25) is 0 Å². The van der Waals surface area contributed by atoms with Crippen molar-refractivity contribution < 1.29 is 10.2 Å². The molecule has 0 unspecified atom stereocenters. The Bertz CT molecular complexity index is 731. The standard InChI is InChI=1S/C28H46O2/c1-18(2)8-7-9-19(3)21-11-14-28(6)23-17-25(30)24-16-20(29)10-13-26(24,4)22(23)12-15-27(21,28)5/h8,19-21,24-25,29-30H,7,9-17H2,1-6H3/t19-,20-,21+,24+,25-,26+,27+,28-/m0/s1. The average Bonchev–Trinajstić information content (AvgIpc) is 2.95. The molecule has 2 heteroatoms. The first-order chi connectivity index (χ1) is 14.0. The molecule has 4 aliphatic rings. The molecule has 2 saturated carbocycles. The van der Waals surface area contributed by atoms with Crippen LogP contribution in [-0.4, -0.2) is 22.4 Å². The van der Waals surface area contributed by atoms with Crippen LogP contribution in [-0.2, 0) is 0 Å². The lowest BCUT2D eigenvalue weighted by Crippen LogP contribution is -2.53. The van der Waals surface area contributed by atoms with Crippen molar-refractivity contribution in [1.29, 1.82) is 0 Å². The molecule has 0 aromatic rings. The lowest BCUT2D eigenvalue weighted by molar-refractivity contribution is -0.0606. The highest BCUT2D eigenvalue weighted by Gasteiger charge is 2.62. The summed E-state index contributed by atoms with van der Waals surface area (Å²) in [5.74, 6) is 1.79. The van der Waals surface area contributed by atoms with Gasteiger partial charge in [0.15, 0.2) is 0 Å². The molecule has 0 saturated heterocycles. The van der Waals surface area contributed by atoms with Crippen molar-refractivity contribution in [2.24, 2.45) is 34.0 Å². The second kappa shape index (κ2) is 7.77. The summed E-state index contributed by atoms with van der Waals surface area (Å²) in [6.07, 6.45) is 13.1. The van der Waals surface area contributed by atoms with Gasteiger partial charge in [0.05, 0.1) is 12.2 Å². The fraction of sp³-hybridized carbons (Fsp3) is 0.857. The summed E-state index contributed by atoms with van der Waals surface area (Å²) in [7, 11) is 0. The van der Waals surface area contributed by atoms with Gasteiger partial charge in [-0.3, -0.25) is 0 Å². The zero-order chi connectivity index (χ0) is 21.9. The van der Waals surface area contributed by atoms with E-state index in [9.17, 15) is 10.2 Å². The third-order valence-corrected chi connectivity index (χ3v) is 10.7. The topological polar surface area (TPSA) is 40.5 Å². The van der Waals surface area contributed by atoms with Crippen LogP contribution in [0, 0.1) is 34.0 Å². The monoisotopic (exact) mass is 414 g/mol. The molecular weight excluding hydrogens is 368 g/mol. The van der Waals surface area contributed by atoms with Crippen molar-refractivity contribution in [3.63, 3.8) is 0 Å². The molecule has 0 aromatic heterocycles.